The van der Waals surface area contributed by atoms with Crippen LogP contribution in [0, 0.1) is 0 Å². The highest BCUT2D eigenvalue weighted by Crippen LogP contribution is 2.35. The Morgan fingerprint density at radius 3 is 2.75 bits per heavy atom. The second kappa shape index (κ2) is 6.57. The van der Waals surface area contributed by atoms with Crippen molar-refractivity contribution >= 4 is 27.7 Å². The van der Waals surface area contributed by atoms with E-state index in [1.807, 2.05) is 6.07 Å². The Bertz CT molecular complexity index is 480. The summed E-state index contributed by atoms with van der Waals surface area (Å²) in [5.41, 5.74) is 0.620. The topological polar surface area (TPSA) is 54.0 Å². The molecule has 1 aliphatic carbocycles. The Morgan fingerprint density at radius 2 is 2.20 bits per heavy atom. The number of anilines is 1. The fourth-order valence-corrected chi connectivity index (χ4v) is 2.81. The number of amides is 1. The minimum absolute atomic E-state index is 0.00142. The quantitative estimate of drug-likeness (QED) is 0.830. The number of hydrogen-bond acceptors (Lipinski definition) is 3. The largest absolute Gasteiger partial charge is 0.369 e. The number of carbonyl (C=O) groups excluding carboxylic acids is 1. The molecule has 1 aromatic heterocycles. The molecule has 20 heavy (non-hydrogen) atoms. The van der Waals surface area contributed by atoms with Crippen LogP contribution in [0.1, 0.15) is 56.3 Å². The summed E-state index contributed by atoms with van der Waals surface area (Å²) in [7, 11) is 0. The van der Waals surface area contributed by atoms with E-state index in [-0.39, 0.29) is 11.4 Å². The fraction of sp³-hybridized carbons (Fsp3) is 0.600. The van der Waals surface area contributed by atoms with Crippen molar-refractivity contribution in [2.45, 2.75) is 51.5 Å². The Hall–Kier alpha value is -1.10. The lowest BCUT2D eigenvalue weighted by Gasteiger charge is -2.42. The van der Waals surface area contributed by atoms with Gasteiger partial charge in [0.05, 0.1) is 5.56 Å². The van der Waals surface area contributed by atoms with Crippen LogP contribution in [0.4, 0.5) is 5.82 Å². The van der Waals surface area contributed by atoms with E-state index in [0.717, 1.165) is 36.7 Å². The standard InChI is InChI=1S/C15H22BrN3O/c1-3-8-17-13-12(9-11(16)10-18-13)14(20)19-15(4-2)6-5-7-15/h9-10H,3-8H2,1-2H3,(H,17,18)(H,19,20). The molecular formula is C15H22BrN3O. The highest BCUT2D eigenvalue weighted by atomic mass is 79.9. The van der Waals surface area contributed by atoms with Gasteiger partial charge in [0.1, 0.15) is 5.82 Å². The predicted octanol–water partition coefficient (Wildman–Crippen LogP) is 3.73. The monoisotopic (exact) mass is 339 g/mol. The van der Waals surface area contributed by atoms with Crippen LogP contribution in [0.5, 0.6) is 0 Å². The maximum atomic E-state index is 12.5. The van der Waals surface area contributed by atoms with Gasteiger partial charge < -0.3 is 10.6 Å². The first-order valence-corrected chi connectivity index (χ1v) is 8.11. The normalized spacial score (nSPS) is 16.4. The van der Waals surface area contributed by atoms with Gasteiger partial charge in [0.2, 0.25) is 0 Å². The number of pyridine rings is 1. The molecule has 2 rings (SSSR count). The molecule has 0 aromatic carbocycles. The molecule has 1 saturated carbocycles. The highest BCUT2D eigenvalue weighted by Gasteiger charge is 2.37. The second-order valence-electron chi connectivity index (χ2n) is 5.42. The molecule has 0 saturated heterocycles. The van der Waals surface area contributed by atoms with Crippen molar-refractivity contribution in [1.82, 2.24) is 10.3 Å². The summed E-state index contributed by atoms with van der Waals surface area (Å²) < 4.78 is 0.823. The van der Waals surface area contributed by atoms with E-state index in [2.05, 4.69) is 45.4 Å². The molecule has 1 heterocycles. The minimum atomic E-state index is -0.0287. The first kappa shape index (κ1) is 15.3. The Labute approximate surface area is 128 Å². The molecule has 0 radical (unpaired) electrons. The Balaban J connectivity index is 2.17. The number of nitrogens with zero attached hydrogens (tertiary/aromatic N) is 1. The molecule has 1 aromatic rings. The van der Waals surface area contributed by atoms with Gasteiger partial charge in [0, 0.05) is 22.8 Å². The van der Waals surface area contributed by atoms with E-state index in [1.54, 1.807) is 6.20 Å². The average molecular weight is 340 g/mol. The average Bonchev–Trinajstić information content (AvgIpc) is 2.41. The third-order valence-electron chi connectivity index (χ3n) is 4.01. The molecule has 0 spiro atoms. The summed E-state index contributed by atoms with van der Waals surface area (Å²) in [6.45, 7) is 5.04. The van der Waals surface area contributed by atoms with Gasteiger partial charge in [-0.25, -0.2) is 4.98 Å². The molecule has 5 heteroatoms. The van der Waals surface area contributed by atoms with E-state index < -0.39 is 0 Å². The van der Waals surface area contributed by atoms with Crippen LogP contribution in [0.2, 0.25) is 0 Å². The van der Waals surface area contributed by atoms with Gasteiger partial charge in [-0.15, -0.1) is 0 Å². The zero-order valence-electron chi connectivity index (χ0n) is 12.1. The number of nitrogens with one attached hydrogen (secondary N) is 2. The number of aromatic nitrogens is 1. The van der Waals surface area contributed by atoms with Gasteiger partial charge in [-0.1, -0.05) is 13.8 Å². The van der Waals surface area contributed by atoms with Gasteiger partial charge in [0.25, 0.3) is 5.91 Å². The van der Waals surface area contributed by atoms with Gasteiger partial charge in [-0.3, -0.25) is 4.79 Å². The van der Waals surface area contributed by atoms with Crippen LogP contribution in [0.15, 0.2) is 16.7 Å². The molecule has 0 aliphatic heterocycles. The van der Waals surface area contributed by atoms with Gasteiger partial charge in [-0.2, -0.15) is 0 Å². The third-order valence-corrected chi connectivity index (χ3v) is 4.44. The predicted molar refractivity (Wildman–Crippen MR) is 85.1 cm³/mol. The van der Waals surface area contributed by atoms with E-state index in [9.17, 15) is 4.79 Å². The number of hydrogen-bond donors (Lipinski definition) is 2. The van der Waals surface area contributed by atoms with Crippen molar-refractivity contribution in [1.29, 1.82) is 0 Å². The van der Waals surface area contributed by atoms with Crippen molar-refractivity contribution < 1.29 is 4.79 Å². The first-order chi connectivity index (χ1) is 9.60. The highest BCUT2D eigenvalue weighted by molar-refractivity contribution is 9.10. The molecular weight excluding hydrogens is 318 g/mol. The number of rotatable bonds is 6. The van der Waals surface area contributed by atoms with Crippen LogP contribution in [0.3, 0.4) is 0 Å². The summed E-state index contributed by atoms with van der Waals surface area (Å²) in [5, 5.41) is 6.42. The zero-order chi connectivity index (χ0) is 14.6. The summed E-state index contributed by atoms with van der Waals surface area (Å²) in [6.07, 6.45) is 7.05. The third kappa shape index (κ3) is 3.32. The molecule has 0 bridgehead atoms. The maximum absolute atomic E-state index is 12.5. The van der Waals surface area contributed by atoms with Crippen molar-refractivity contribution in [2.75, 3.05) is 11.9 Å². The fourth-order valence-electron chi connectivity index (χ4n) is 2.48. The first-order valence-electron chi connectivity index (χ1n) is 7.32. The minimum Gasteiger partial charge on any atom is -0.369 e. The van der Waals surface area contributed by atoms with Crippen LogP contribution >= 0.6 is 15.9 Å². The van der Waals surface area contributed by atoms with E-state index in [0.29, 0.717) is 11.4 Å². The smallest absolute Gasteiger partial charge is 0.255 e. The molecule has 1 amide bonds. The zero-order valence-corrected chi connectivity index (χ0v) is 13.7. The summed E-state index contributed by atoms with van der Waals surface area (Å²) in [5.74, 6) is 0.636. The van der Waals surface area contributed by atoms with Crippen LogP contribution in [0.25, 0.3) is 0 Å². The van der Waals surface area contributed by atoms with Crippen molar-refractivity contribution in [3.63, 3.8) is 0 Å². The van der Waals surface area contributed by atoms with E-state index >= 15 is 0 Å². The van der Waals surface area contributed by atoms with Gasteiger partial charge in [-0.05, 0) is 54.1 Å². The van der Waals surface area contributed by atoms with Crippen molar-refractivity contribution in [3.05, 3.63) is 22.3 Å². The van der Waals surface area contributed by atoms with Crippen LogP contribution < -0.4 is 10.6 Å². The Morgan fingerprint density at radius 1 is 1.45 bits per heavy atom. The van der Waals surface area contributed by atoms with E-state index in [1.165, 1.54) is 6.42 Å². The lowest BCUT2D eigenvalue weighted by molar-refractivity contribution is 0.0821. The van der Waals surface area contributed by atoms with Gasteiger partial charge >= 0.3 is 0 Å². The van der Waals surface area contributed by atoms with E-state index in [4.69, 9.17) is 0 Å². The summed E-state index contributed by atoms with van der Waals surface area (Å²) >= 11 is 3.39. The Kier molecular flexibility index (Phi) is 5.02. The molecule has 0 unspecified atom stereocenters. The molecule has 110 valence electrons. The second-order valence-corrected chi connectivity index (χ2v) is 6.33. The van der Waals surface area contributed by atoms with Crippen LogP contribution in [-0.4, -0.2) is 23.0 Å². The molecule has 0 atom stereocenters. The molecule has 2 N–H and O–H groups in total. The van der Waals surface area contributed by atoms with Crippen molar-refractivity contribution in [2.24, 2.45) is 0 Å². The van der Waals surface area contributed by atoms with Gasteiger partial charge in [0.15, 0.2) is 0 Å². The molecule has 4 nitrogen and oxygen atoms in total. The summed E-state index contributed by atoms with van der Waals surface area (Å²) in [6, 6.07) is 1.84. The number of halogens is 1. The lowest BCUT2D eigenvalue weighted by Crippen LogP contribution is -2.53. The molecule has 1 fully saturated rings. The number of carbonyl (C=O) groups is 1. The maximum Gasteiger partial charge on any atom is 0.255 e. The van der Waals surface area contributed by atoms with Crippen molar-refractivity contribution in [3.8, 4) is 0 Å². The van der Waals surface area contributed by atoms with Crippen LogP contribution in [-0.2, 0) is 0 Å². The lowest BCUT2D eigenvalue weighted by atomic mass is 9.74. The SMILES string of the molecule is CCCNc1ncc(Br)cc1C(=O)NC1(CC)CCC1. The summed E-state index contributed by atoms with van der Waals surface area (Å²) in [4.78, 5) is 16.9. The molecule has 1 aliphatic rings.